The van der Waals surface area contributed by atoms with Crippen LogP contribution in [0.3, 0.4) is 0 Å². The van der Waals surface area contributed by atoms with Crippen molar-refractivity contribution in [3.8, 4) is 0 Å². The van der Waals surface area contributed by atoms with E-state index in [2.05, 4.69) is 19.1 Å². The van der Waals surface area contributed by atoms with Gasteiger partial charge in [-0.3, -0.25) is 4.79 Å². The van der Waals surface area contributed by atoms with Gasteiger partial charge in [0.05, 0.1) is 0 Å². The van der Waals surface area contributed by atoms with Gasteiger partial charge in [-0.05, 0) is 32.6 Å². The molecule has 0 aromatic rings. The zero-order valence-corrected chi connectivity index (χ0v) is 9.12. The minimum atomic E-state index is -1.07. The van der Waals surface area contributed by atoms with E-state index in [0.29, 0.717) is 6.42 Å². The molecule has 0 aliphatic carbocycles. The minimum Gasteiger partial charge on any atom is -0.480 e. The van der Waals surface area contributed by atoms with Gasteiger partial charge in [-0.1, -0.05) is 25.5 Å². The number of carbonyl (C=O) groups is 1. The Labute approximate surface area is 86.0 Å². The van der Waals surface area contributed by atoms with Crippen LogP contribution in [0.5, 0.6) is 0 Å². The summed E-state index contributed by atoms with van der Waals surface area (Å²) in [7, 11) is 0. The molecule has 0 rings (SSSR count). The molecule has 1 unspecified atom stereocenters. The summed E-state index contributed by atoms with van der Waals surface area (Å²) in [5.74, 6) is -0.921. The first-order chi connectivity index (χ1) is 6.50. The Bertz CT molecular complexity index is 197. The summed E-state index contributed by atoms with van der Waals surface area (Å²) in [5, 5.41) is 8.74. The SMILES string of the molecule is CCC/C=C/CCCC(C)(N)C(=O)O. The number of carboxylic acids is 1. The van der Waals surface area contributed by atoms with E-state index in [4.69, 9.17) is 10.8 Å². The molecule has 0 aromatic carbocycles. The van der Waals surface area contributed by atoms with Crippen molar-refractivity contribution in [3.05, 3.63) is 12.2 Å². The lowest BCUT2D eigenvalue weighted by molar-refractivity contribution is -0.142. The van der Waals surface area contributed by atoms with Crippen molar-refractivity contribution in [2.75, 3.05) is 0 Å². The average Bonchev–Trinajstić information content (AvgIpc) is 2.10. The molecule has 0 heterocycles. The summed E-state index contributed by atoms with van der Waals surface area (Å²) in [5.41, 5.74) is 4.51. The first-order valence-electron chi connectivity index (χ1n) is 5.18. The predicted octanol–water partition coefficient (Wildman–Crippen LogP) is 2.31. The lowest BCUT2D eigenvalue weighted by atomic mass is 9.96. The van der Waals surface area contributed by atoms with Gasteiger partial charge < -0.3 is 10.8 Å². The Hall–Kier alpha value is -0.830. The number of nitrogens with two attached hydrogens (primary N) is 1. The predicted molar refractivity (Wildman–Crippen MR) is 58.1 cm³/mol. The molecule has 0 saturated heterocycles. The van der Waals surface area contributed by atoms with Crippen molar-refractivity contribution in [2.24, 2.45) is 5.73 Å². The second-order valence-electron chi connectivity index (χ2n) is 3.87. The Kier molecular flexibility index (Phi) is 6.21. The van der Waals surface area contributed by atoms with Gasteiger partial charge >= 0.3 is 5.97 Å². The standard InChI is InChI=1S/C11H21NO2/c1-3-4-5-6-7-8-9-11(2,12)10(13)14/h5-6H,3-4,7-9,12H2,1-2H3,(H,13,14)/b6-5+. The fraction of sp³-hybridized carbons (Fsp3) is 0.727. The maximum Gasteiger partial charge on any atom is 0.323 e. The molecule has 3 nitrogen and oxygen atoms in total. The molecule has 1 atom stereocenters. The number of hydrogen-bond acceptors (Lipinski definition) is 2. The zero-order valence-electron chi connectivity index (χ0n) is 9.12. The zero-order chi connectivity index (χ0) is 11.0. The summed E-state index contributed by atoms with van der Waals surface area (Å²) in [6.07, 6.45) is 8.76. The minimum absolute atomic E-state index is 0.527. The maximum atomic E-state index is 10.6. The molecule has 0 aromatic heterocycles. The second-order valence-corrected chi connectivity index (χ2v) is 3.87. The smallest absolute Gasteiger partial charge is 0.323 e. The molecule has 0 radical (unpaired) electrons. The molecule has 82 valence electrons. The Morgan fingerprint density at radius 3 is 2.50 bits per heavy atom. The summed E-state index contributed by atoms with van der Waals surface area (Å²) in [6, 6.07) is 0. The van der Waals surface area contributed by atoms with E-state index >= 15 is 0 Å². The summed E-state index contributed by atoms with van der Waals surface area (Å²) < 4.78 is 0. The summed E-state index contributed by atoms with van der Waals surface area (Å²) >= 11 is 0. The highest BCUT2D eigenvalue weighted by Crippen LogP contribution is 2.11. The van der Waals surface area contributed by atoms with Crippen LogP contribution in [-0.2, 0) is 4.79 Å². The number of rotatable bonds is 7. The quantitative estimate of drug-likeness (QED) is 0.488. The third-order valence-corrected chi connectivity index (χ3v) is 2.18. The topological polar surface area (TPSA) is 63.3 Å². The van der Waals surface area contributed by atoms with Crippen molar-refractivity contribution in [2.45, 2.75) is 51.5 Å². The van der Waals surface area contributed by atoms with Gasteiger partial charge in [0, 0.05) is 0 Å². The summed E-state index contributed by atoms with van der Waals surface area (Å²) in [4.78, 5) is 10.6. The number of aliphatic carboxylic acids is 1. The van der Waals surface area contributed by atoms with Crippen LogP contribution in [0.15, 0.2) is 12.2 Å². The van der Waals surface area contributed by atoms with E-state index in [1.807, 2.05) is 0 Å². The highest BCUT2D eigenvalue weighted by atomic mass is 16.4. The number of carboxylic acid groups (broad SMARTS) is 1. The van der Waals surface area contributed by atoms with Crippen molar-refractivity contribution < 1.29 is 9.90 Å². The average molecular weight is 199 g/mol. The first kappa shape index (κ1) is 13.2. The monoisotopic (exact) mass is 199 g/mol. The van der Waals surface area contributed by atoms with E-state index in [1.54, 1.807) is 6.92 Å². The normalized spacial score (nSPS) is 15.6. The molecule has 3 N–H and O–H groups in total. The van der Waals surface area contributed by atoms with Crippen LogP contribution in [0.2, 0.25) is 0 Å². The van der Waals surface area contributed by atoms with E-state index in [-0.39, 0.29) is 0 Å². The van der Waals surface area contributed by atoms with Crippen LogP contribution in [0.4, 0.5) is 0 Å². The third-order valence-electron chi connectivity index (χ3n) is 2.18. The third kappa shape index (κ3) is 5.75. The van der Waals surface area contributed by atoms with Gasteiger partial charge in [-0.15, -0.1) is 0 Å². The molecule has 0 bridgehead atoms. The van der Waals surface area contributed by atoms with Crippen LogP contribution in [0.25, 0.3) is 0 Å². The van der Waals surface area contributed by atoms with E-state index < -0.39 is 11.5 Å². The number of allylic oxidation sites excluding steroid dienone is 2. The molecule has 0 aliphatic rings. The van der Waals surface area contributed by atoms with Gasteiger partial charge in [-0.25, -0.2) is 0 Å². The molecule has 0 saturated carbocycles. The number of hydrogen-bond donors (Lipinski definition) is 2. The Morgan fingerprint density at radius 2 is 2.00 bits per heavy atom. The Balaban J connectivity index is 3.59. The fourth-order valence-corrected chi connectivity index (χ4v) is 1.10. The van der Waals surface area contributed by atoms with E-state index in [1.165, 1.54) is 0 Å². The van der Waals surface area contributed by atoms with Crippen LogP contribution >= 0.6 is 0 Å². The van der Waals surface area contributed by atoms with E-state index in [0.717, 1.165) is 25.7 Å². The van der Waals surface area contributed by atoms with Gasteiger partial charge in [0.25, 0.3) is 0 Å². The van der Waals surface area contributed by atoms with Crippen LogP contribution in [-0.4, -0.2) is 16.6 Å². The van der Waals surface area contributed by atoms with Crippen LogP contribution in [0, 0.1) is 0 Å². The van der Waals surface area contributed by atoms with Crippen LogP contribution in [0.1, 0.15) is 46.0 Å². The second kappa shape index (κ2) is 6.60. The molecular weight excluding hydrogens is 178 g/mol. The largest absolute Gasteiger partial charge is 0.480 e. The lowest BCUT2D eigenvalue weighted by Gasteiger charge is -2.17. The van der Waals surface area contributed by atoms with Crippen molar-refractivity contribution in [3.63, 3.8) is 0 Å². The summed E-state index contributed by atoms with van der Waals surface area (Å²) in [6.45, 7) is 3.69. The molecule has 0 spiro atoms. The molecule has 0 aliphatic heterocycles. The maximum absolute atomic E-state index is 10.6. The van der Waals surface area contributed by atoms with E-state index in [9.17, 15) is 4.79 Å². The first-order valence-corrected chi connectivity index (χ1v) is 5.18. The molecule has 0 amide bonds. The number of unbranched alkanes of at least 4 members (excludes halogenated alkanes) is 2. The van der Waals surface area contributed by atoms with Gasteiger partial charge in [0.2, 0.25) is 0 Å². The van der Waals surface area contributed by atoms with Gasteiger partial charge in [0.15, 0.2) is 0 Å². The highest BCUT2D eigenvalue weighted by Gasteiger charge is 2.26. The van der Waals surface area contributed by atoms with Crippen molar-refractivity contribution in [1.29, 1.82) is 0 Å². The van der Waals surface area contributed by atoms with Crippen LogP contribution < -0.4 is 5.73 Å². The molecule has 0 fully saturated rings. The molecular formula is C11H21NO2. The highest BCUT2D eigenvalue weighted by molar-refractivity contribution is 5.77. The van der Waals surface area contributed by atoms with Crippen molar-refractivity contribution in [1.82, 2.24) is 0 Å². The lowest BCUT2D eigenvalue weighted by Crippen LogP contribution is -2.44. The molecule has 3 heteroatoms. The van der Waals surface area contributed by atoms with Crippen molar-refractivity contribution >= 4 is 5.97 Å². The van der Waals surface area contributed by atoms with Gasteiger partial charge in [-0.2, -0.15) is 0 Å². The fourth-order valence-electron chi connectivity index (χ4n) is 1.10. The Morgan fingerprint density at radius 1 is 1.43 bits per heavy atom. The molecule has 14 heavy (non-hydrogen) atoms. The van der Waals surface area contributed by atoms with Gasteiger partial charge in [0.1, 0.15) is 5.54 Å².